The molecule has 26 heavy (non-hydrogen) atoms. The van der Waals surface area contributed by atoms with Crippen molar-refractivity contribution in [1.82, 2.24) is 10.2 Å². The summed E-state index contributed by atoms with van der Waals surface area (Å²) in [4.78, 5) is 14.8. The van der Waals surface area contributed by atoms with Gasteiger partial charge >= 0.3 is 6.18 Å². The maximum Gasteiger partial charge on any atom is 0.416 e. The van der Waals surface area contributed by atoms with Gasteiger partial charge in [0.25, 0.3) is 0 Å². The molecule has 0 aliphatic carbocycles. The summed E-state index contributed by atoms with van der Waals surface area (Å²) in [7, 11) is 0. The Balaban J connectivity index is 1.75. The topological polar surface area (TPSA) is 44.4 Å². The van der Waals surface area contributed by atoms with Gasteiger partial charge in [0.15, 0.2) is 0 Å². The molecule has 2 aliphatic heterocycles. The van der Waals surface area contributed by atoms with Crippen LogP contribution in [0.2, 0.25) is 5.02 Å². The fourth-order valence-electron chi connectivity index (χ4n) is 3.79. The zero-order chi connectivity index (χ0) is 18.9. The second kappa shape index (κ2) is 7.64. The van der Waals surface area contributed by atoms with Crippen LogP contribution in [0, 0.1) is 5.92 Å². The third-order valence-electron chi connectivity index (χ3n) is 5.23. The summed E-state index contributed by atoms with van der Waals surface area (Å²) in [5.41, 5.74) is -0.599. The van der Waals surface area contributed by atoms with Crippen LogP contribution in [0.4, 0.5) is 18.9 Å². The molecule has 3 rings (SSSR count). The van der Waals surface area contributed by atoms with Crippen molar-refractivity contribution in [1.29, 1.82) is 0 Å². The average molecular weight is 390 g/mol. The second-order valence-electron chi connectivity index (χ2n) is 7.13. The third-order valence-corrected chi connectivity index (χ3v) is 5.44. The van der Waals surface area contributed by atoms with E-state index in [0.29, 0.717) is 18.9 Å². The molecule has 0 radical (unpaired) electrons. The minimum atomic E-state index is -4.48. The lowest BCUT2D eigenvalue weighted by atomic mass is 9.91. The van der Waals surface area contributed by atoms with Crippen LogP contribution in [0.25, 0.3) is 0 Å². The van der Waals surface area contributed by atoms with E-state index in [1.807, 2.05) is 4.90 Å². The quantitative estimate of drug-likeness (QED) is 0.827. The molecule has 1 aromatic rings. The maximum absolute atomic E-state index is 13.0. The molecule has 2 aliphatic rings. The van der Waals surface area contributed by atoms with Gasteiger partial charge in [-0.25, -0.2) is 0 Å². The van der Waals surface area contributed by atoms with Crippen LogP contribution in [0.15, 0.2) is 18.2 Å². The van der Waals surface area contributed by atoms with Crippen molar-refractivity contribution >= 4 is 23.2 Å². The summed E-state index contributed by atoms with van der Waals surface area (Å²) in [6.45, 7) is 4.54. The van der Waals surface area contributed by atoms with E-state index in [4.69, 9.17) is 11.6 Å². The molecule has 1 amide bonds. The van der Waals surface area contributed by atoms with E-state index in [1.165, 1.54) is 6.07 Å². The maximum atomic E-state index is 13.0. The number of rotatable bonds is 3. The minimum Gasteiger partial charge on any atom is -0.374 e. The molecule has 0 aromatic heterocycles. The Hall–Kier alpha value is -1.47. The predicted molar refractivity (Wildman–Crippen MR) is 95.3 cm³/mol. The summed E-state index contributed by atoms with van der Waals surface area (Å²) in [5.74, 6) is 0.354. The zero-order valence-corrected chi connectivity index (χ0v) is 15.3. The lowest BCUT2D eigenvalue weighted by Crippen LogP contribution is -2.58. The van der Waals surface area contributed by atoms with Crippen LogP contribution in [0.3, 0.4) is 0 Å². The summed E-state index contributed by atoms with van der Waals surface area (Å²) in [6, 6.07) is 2.91. The van der Waals surface area contributed by atoms with E-state index in [0.717, 1.165) is 38.1 Å². The first-order chi connectivity index (χ1) is 12.3. The van der Waals surface area contributed by atoms with E-state index in [9.17, 15) is 18.0 Å². The predicted octanol–water partition coefficient (Wildman–Crippen LogP) is 3.76. The van der Waals surface area contributed by atoms with Crippen molar-refractivity contribution in [3.8, 4) is 0 Å². The van der Waals surface area contributed by atoms with Gasteiger partial charge in [-0.2, -0.15) is 13.2 Å². The highest BCUT2D eigenvalue weighted by Crippen LogP contribution is 2.34. The van der Waals surface area contributed by atoms with Crippen molar-refractivity contribution in [2.45, 2.75) is 44.4 Å². The number of nitrogens with zero attached hydrogens (tertiary/aromatic N) is 1. The number of piperidine rings is 2. The van der Waals surface area contributed by atoms with Gasteiger partial charge in [-0.3, -0.25) is 4.79 Å². The first-order valence-corrected chi connectivity index (χ1v) is 9.29. The van der Waals surface area contributed by atoms with E-state index in [2.05, 4.69) is 17.6 Å². The molecule has 1 aromatic carbocycles. The Kier molecular flexibility index (Phi) is 5.67. The highest BCUT2D eigenvalue weighted by Gasteiger charge is 2.37. The minimum absolute atomic E-state index is 0.00691. The number of halogens is 4. The number of likely N-dealkylation sites (tertiary alicyclic amines) is 1. The molecular formula is C18H23ClF3N3O. The SMILES string of the molecule is CC1CCNC[C@@H]1N1CCC[C@@H](Nc2cc(Cl)cc(C(F)(F)F)c2)C1=O. The number of nitrogens with one attached hydrogen (secondary N) is 2. The van der Waals surface area contributed by atoms with Crippen molar-refractivity contribution < 1.29 is 18.0 Å². The molecular weight excluding hydrogens is 367 g/mol. The van der Waals surface area contributed by atoms with Crippen LogP contribution < -0.4 is 10.6 Å². The van der Waals surface area contributed by atoms with Gasteiger partial charge in [0.1, 0.15) is 6.04 Å². The summed E-state index contributed by atoms with van der Waals surface area (Å²) in [6.07, 6.45) is -2.06. The highest BCUT2D eigenvalue weighted by molar-refractivity contribution is 6.31. The smallest absolute Gasteiger partial charge is 0.374 e. The number of benzene rings is 1. The molecule has 0 spiro atoms. The van der Waals surface area contributed by atoms with Gasteiger partial charge in [0.2, 0.25) is 5.91 Å². The molecule has 8 heteroatoms. The molecule has 2 heterocycles. The van der Waals surface area contributed by atoms with Crippen molar-refractivity contribution in [3.05, 3.63) is 28.8 Å². The molecule has 1 unspecified atom stereocenters. The molecule has 0 saturated carbocycles. The second-order valence-corrected chi connectivity index (χ2v) is 7.57. The molecule has 3 atom stereocenters. The Bertz CT molecular complexity index is 668. The third kappa shape index (κ3) is 4.26. The molecule has 2 saturated heterocycles. The number of carbonyl (C=O) groups excluding carboxylic acids is 1. The van der Waals surface area contributed by atoms with E-state index in [1.54, 1.807) is 0 Å². The van der Waals surface area contributed by atoms with Crippen molar-refractivity contribution in [3.63, 3.8) is 0 Å². The Labute approximate surface area is 156 Å². The van der Waals surface area contributed by atoms with E-state index >= 15 is 0 Å². The zero-order valence-electron chi connectivity index (χ0n) is 14.6. The number of alkyl halides is 3. The summed E-state index contributed by atoms with van der Waals surface area (Å²) >= 11 is 5.84. The highest BCUT2D eigenvalue weighted by atomic mass is 35.5. The monoisotopic (exact) mass is 389 g/mol. The molecule has 2 N–H and O–H groups in total. The van der Waals surface area contributed by atoms with E-state index in [-0.39, 0.29) is 22.7 Å². The first-order valence-electron chi connectivity index (χ1n) is 8.91. The van der Waals surface area contributed by atoms with Crippen LogP contribution in [-0.2, 0) is 11.0 Å². The van der Waals surface area contributed by atoms with Crippen LogP contribution in [-0.4, -0.2) is 42.5 Å². The molecule has 2 fully saturated rings. The van der Waals surface area contributed by atoms with Gasteiger partial charge in [-0.15, -0.1) is 0 Å². The van der Waals surface area contributed by atoms with Crippen LogP contribution in [0.1, 0.15) is 31.7 Å². The van der Waals surface area contributed by atoms with Gasteiger partial charge in [-0.05, 0) is 49.9 Å². The molecule has 144 valence electrons. The van der Waals surface area contributed by atoms with Crippen LogP contribution in [0.5, 0.6) is 0 Å². The summed E-state index contributed by atoms with van der Waals surface area (Å²) < 4.78 is 38.9. The molecule has 4 nitrogen and oxygen atoms in total. The van der Waals surface area contributed by atoms with Crippen molar-refractivity contribution in [2.75, 3.05) is 25.0 Å². The van der Waals surface area contributed by atoms with Crippen molar-refractivity contribution in [2.24, 2.45) is 5.92 Å². The first kappa shape index (κ1) is 19.3. The molecule has 0 bridgehead atoms. The Morgan fingerprint density at radius 1 is 1.27 bits per heavy atom. The normalized spacial score (nSPS) is 27.5. The average Bonchev–Trinajstić information content (AvgIpc) is 2.56. The van der Waals surface area contributed by atoms with Gasteiger partial charge in [0, 0.05) is 29.8 Å². The largest absolute Gasteiger partial charge is 0.416 e. The summed E-state index contributed by atoms with van der Waals surface area (Å²) in [5, 5.41) is 6.29. The van der Waals surface area contributed by atoms with Gasteiger partial charge in [-0.1, -0.05) is 18.5 Å². The van der Waals surface area contributed by atoms with E-state index < -0.39 is 17.8 Å². The van der Waals surface area contributed by atoms with Gasteiger partial charge < -0.3 is 15.5 Å². The lowest BCUT2D eigenvalue weighted by Gasteiger charge is -2.43. The Morgan fingerprint density at radius 3 is 2.73 bits per heavy atom. The number of hydrogen-bond donors (Lipinski definition) is 2. The van der Waals surface area contributed by atoms with Gasteiger partial charge in [0.05, 0.1) is 5.56 Å². The number of hydrogen-bond acceptors (Lipinski definition) is 3. The lowest BCUT2D eigenvalue weighted by molar-refractivity contribution is -0.138. The number of carbonyl (C=O) groups is 1. The van der Waals surface area contributed by atoms with Crippen LogP contribution >= 0.6 is 11.6 Å². The number of amides is 1. The fourth-order valence-corrected chi connectivity index (χ4v) is 4.03. The standard InChI is InChI=1S/C18H23ClF3N3O/c1-11-4-5-23-10-16(11)25-6-2-3-15(17(25)26)24-14-8-12(18(20,21)22)7-13(19)9-14/h7-9,11,15-16,23-24H,2-6,10H2,1H3/t11?,15-,16+/m1/s1. The number of anilines is 1. The Morgan fingerprint density at radius 2 is 2.04 bits per heavy atom. The fraction of sp³-hybridized carbons (Fsp3) is 0.611.